The lowest BCUT2D eigenvalue weighted by atomic mass is 9.95. The van der Waals surface area contributed by atoms with Gasteiger partial charge in [-0.1, -0.05) is 71.7 Å². The molecule has 1 nitrogen and oxygen atoms in total. The van der Waals surface area contributed by atoms with Crippen molar-refractivity contribution in [3.63, 3.8) is 0 Å². The van der Waals surface area contributed by atoms with E-state index in [1.54, 1.807) is 0 Å². The summed E-state index contributed by atoms with van der Waals surface area (Å²) in [7, 11) is 0. The molecule has 0 aliphatic rings. The smallest absolute Gasteiger partial charge is 0.0577 e. The fourth-order valence-electron chi connectivity index (χ4n) is 3.06. The van der Waals surface area contributed by atoms with Crippen LogP contribution in [0.1, 0.15) is 83.8 Å². The lowest BCUT2D eigenvalue weighted by Gasteiger charge is -2.20. The van der Waals surface area contributed by atoms with Gasteiger partial charge in [-0.3, -0.25) is 0 Å². The maximum absolute atomic E-state index is 6.18. The van der Waals surface area contributed by atoms with Gasteiger partial charge in [-0.05, 0) is 48.6 Å². The van der Waals surface area contributed by atoms with Crippen molar-refractivity contribution >= 4 is 0 Å². The Morgan fingerprint density at radius 3 is 2.36 bits per heavy atom. The standard InChI is InChI=1S/C21H36O/c1-6-7-13-20(16-17(2)3)22-15-10-12-19-11-8-9-14-21(19)18(4)5/h8-9,11,14,17-18,20H,6-7,10,12-13,15-16H2,1-5H3. The molecule has 0 aliphatic carbocycles. The van der Waals surface area contributed by atoms with Crippen molar-refractivity contribution in [2.45, 2.75) is 85.2 Å². The van der Waals surface area contributed by atoms with Crippen LogP contribution in [0, 0.1) is 5.92 Å². The van der Waals surface area contributed by atoms with Gasteiger partial charge in [0.2, 0.25) is 0 Å². The summed E-state index contributed by atoms with van der Waals surface area (Å²) in [5, 5.41) is 0. The van der Waals surface area contributed by atoms with Crippen molar-refractivity contribution in [2.75, 3.05) is 6.61 Å². The molecule has 0 saturated carbocycles. The molecule has 126 valence electrons. The summed E-state index contributed by atoms with van der Waals surface area (Å²) < 4.78 is 6.18. The largest absolute Gasteiger partial charge is 0.378 e. The van der Waals surface area contributed by atoms with Gasteiger partial charge >= 0.3 is 0 Å². The molecule has 0 aliphatic heterocycles. The van der Waals surface area contributed by atoms with Crippen LogP contribution in [0.4, 0.5) is 0 Å². The first-order valence-corrected chi connectivity index (χ1v) is 9.24. The van der Waals surface area contributed by atoms with Gasteiger partial charge in [0.15, 0.2) is 0 Å². The molecule has 0 aromatic heterocycles. The van der Waals surface area contributed by atoms with E-state index < -0.39 is 0 Å². The minimum atomic E-state index is 0.459. The number of benzene rings is 1. The molecule has 0 amide bonds. The maximum atomic E-state index is 6.18. The number of ether oxygens (including phenoxy) is 1. The lowest BCUT2D eigenvalue weighted by molar-refractivity contribution is 0.0309. The number of rotatable bonds is 11. The SMILES string of the molecule is CCCCC(CC(C)C)OCCCc1ccccc1C(C)C. The van der Waals surface area contributed by atoms with Crippen molar-refractivity contribution in [3.8, 4) is 0 Å². The molecular weight excluding hydrogens is 268 g/mol. The Morgan fingerprint density at radius 1 is 1.00 bits per heavy atom. The van der Waals surface area contributed by atoms with Gasteiger partial charge in [0.05, 0.1) is 6.10 Å². The van der Waals surface area contributed by atoms with Crippen LogP contribution in [-0.4, -0.2) is 12.7 Å². The molecule has 0 fully saturated rings. The van der Waals surface area contributed by atoms with Gasteiger partial charge in [-0.25, -0.2) is 0 Å². The fourth-order valence-corrected chi connectivity index (χ4v) is 3.06. The fraction of sp³-hybridized carbons (Fsp3) is 0.714. The lowest BCUT2D eigenvalue weighted by Crippen LogP contribution is -2.17. The molecule has 0 spiro atoms. The summed E-state index contributed by atoms with van der Waals surface area (Å²) in [5.41, 5.74) is 2.99. The van der Waals surface area contributed by atoms with Crippen LogP contribution in [0.3, 0.4) is 0 Å². The van der Waals surface area contributed by atoms with E-state index in [4.69, 9.17) is 4.74 Å². The molecule has 0 N–H and O–H groups in total. The van der Waals surface area contributed by atoms with Crippen LogP contribution < -0.4 is 0 Å². The molecule has 22 heavy (non-hydrogen) atoms. The normalized spacial score (nSPS) is 13.0. The molecule has 0 heterocycles. The highest BCUT2D eigenvalue weighted by molar-refractivity contribution is 5.29. The van der Waals surface area contributed by atoms with Crippen LogP contribution >= 0.6 is 0 Å². The van der Waals surface area contributed by atoms with E-state index in [0.29, 0.717) is 12.0 Å². The maximum Gasteiger partial charge on any atom is 0.0577 e. The van der Waals surface area contributed by atoms with Gasteiger partial charge < -0.3 is 4.74 Å². The molecular formula is C21H36O. The van der Waals surface area contributed by atoms with E-state index in [-0.39, 0.29) is 0 Å². The van der Waals surface area contributed by atoms with Crippen LogP contribution in [0.15, 0.2) is 24.3 Å². The summed E-state index contributed by atoms with van der Waals surface area (Å²) in [6.45, 7) is 12.3. The van der Waals surface area contributed by atoms with Gasteiger partial charge in [-0.2, -0.15) is 0 Å². The molecule has 0 radical (unpaired) electrons. The molecule has 1 rings (SSSR count). The highest BCUT2D eigenvalue weighted by atomic mass is 16.5. The highest BCUT2D eigenvalue weighted by Crippen LogP contribution is 2.21. The second-order valence-corrected chi connectivity index (χ2v) is 7.22. The number of aryl methyl sites for hydroxylation is 1. The minimum Gasteiger partial charge on any atom is -0.378 e. The first-order chi connectivity index (χ1) is 10.5. The summed E-state index contributed by atoms with van der Waals surface area (Å²) in [6, 6.07) is 8.85. The van der Waals surface area contributed by atoms with Crippen LogP contribution in [0.25, 0.3) is 0 Å². The number of hydrogen-bond acceptors (Lipinski definition) is 1. The quantitative estimate of drug-likeness (QED) is 0.432. The van der Waals surface area contributed by atoms with E-state index in [1.807, 2.05) is 0 Å². The zero-order valence-corrected chi connectivity index (χ0v) is 15.4. The third kappa shape index (κ3) is 7.45. The average molecular weight is 305 g/mol. The highest BCUT2D eigenvalue weighted by Gasteiger charge is 2.11. The summed E-state index contributed by atoms with van der Waals surface area (Å²) in [6.07, 6.45) is 7.69. The minimum absolute atomic E-state index is 0.459. The predicted octanol–water partition coefficient (Wildman–Crippen LogP) is 6.36. The van der Waals surface area contributed by atoms with Crippen LogP contribution in [0.5, 0.6) is 0 Å². The van der Waals surface area contributed by atoms with Gasteiger partial charge in [0, 0.05) is 6.61 Å². The van der Waals surface area contributed by atoms with Gasteiger partial charge in [0.1, 0.15) is 0 Å². The zero-order chi connectivity index (χ0) is 16.4. The zero-order valence-electron chi connectivity index (χ0n) is 15.4. The molecule has 0 saturated heterocycles. The van der Waals surface area contributed by atoms with E-state index >= 15 is 0 Å². The molecule has 1 aromatic carbocycles. The van der Waals surface area contributed by atoms with E-state index in [1.165, 1.54) is 36.8 Å². The van der Waals surface area contributed by atoms with E-state index in [9.17, 15) is 0 Å². The Hall–Kier alpha value is -0.820. The van der Waals surface area contributed by atoms with Crippen molar-refractivity contribution in [1.29, 1.82) is 0 Å². The number of hydrogen-bond donors (Lipinski definition) is 0. The third-order valence-corrected chi connectivity index (χ3v) is 4.24. The Kier molecular flexibility index (Phi) is 9.47. The van der Waals surface area contributed by atoms with Gasteiger partial charge in [-0.15, -0.1) is 0 Å². The van der Waals surface area contributed by atoms with Crippen LogP contribution in [0.2, 0.25) is 0 Å². The topological polar surface area (TPSA) is 9.23 Å². The molecule has 1 unspecified atom stereocenters. The molecule has 1 heteroatoms. The molecule has 1 atom stereocenters. The van der Waals surface area contributed by atoms with Crippen molar-refractivity contribution in [2.24, 2.45) is 5.92 Å². The first kappa shape index (κ1) is 19.2. The van der Waals surface area contributed by atoms with Crippen molar-refractivity contribution in [1.82, 2.24) is 0 Å². The second kappa shape index (κ2) is 10.8. The van der Waals surface area contributed by atoms with E-state index in [2.05, 4.69) is 58.9 Å². The Morgan fingerprint density at radius 2 is 1.73 bits per heavy atom. The summed E-state index contributed by atoms with van der Waals surface area (Å²) >= 11 is 0. The second-order valence-electron chi connectivity index (χ2n) is 7.22. The Labute approximate surface area is 138 Å². The number of unbranched alkanes of at least 4 members (excludes halogenated alkanes) is 1. The summed E-state index contributed by atoms with van der Waals surface area (Å²) in [4.78, 5) is 0. The van der Waals surface area contributed by atoms with Crippen LogP contribution in [-0.2, 0) is 11.2 Å². The molecule has 1 aromatic rings. The van der Waals surface area contributed by atoms with Crippen molar-refractivity contribution < 1.29 is 4.74 Å². The monoisotopic (exact) mass is 304 g/mol. The Balaban J connectivity index is 2.39. The third-order valence-electron chi connectivity index (χ3n) is 4.24. The Bertz CT molecular complexity index is 395. The predicted molar refractivity (Wildman–Crippen MR) is 97.6 cm³/mol. The van der Waals surface area contributed by atoms with Gasteiger partial charge in [0.25, 0.3) is 0 Å². The first-order valence-electron chi connectivity index (χ1n) is 9.24. The average Bonchev–Trinajstić information content (AvgIpc) is 2.48. The van der Waals surface area contributed by atoms with Crippen molar-refractivity contribution in [3.05, 3.63) is 35.4 Å². The molecule has 0 bridgehead atoms. The summed E-state index contributed by atoms with van der Waals surface area (Å²) in [5.74, 6) is 1.33. The van der Waals surface area contributed by atoms with E-state index in [0.717, 1.165) is 25.4 Å².